The van der Waals surface area contributed by atoms with E-state index in [-0.39, 0.29) is 0 Å². The molecule has 0 spiro atoms. The number of hydrogen-bond acceptors (Lipinski definition) is 1. The molecule has 0 aliphatic heterocycles. The normalized spacial score (nSPS) is 12.4. The van der Waals surface area contributed by atoms with Crippen LogP contribution in [0.1, 0.15) is 21.6 Å². The highest BCUT2D eigenvalue weighted by atomic mass is 79.9. The van der Waals surface area contributed by atoms with Crippen LogP contribution in [0.25, 0.3) is 0 Å². The molecule has 0 aliphatic rings. The number of benzene rings is 1. The fourth-order valence-electron chi connectivity index (χ4n) is 1.60. The Morgan fingerprint density at radius 3 is 2.50 bits per heavy atom. The van der Waals surface area contributed by atoms with Crippen molar-refractivity contribution in [1.82, 2.24) is 4.98 Å². The predicted octanol–water partition coefficient (Wildman–Crippen LogP) is 4.07. The van der Waals surface area contributed by atoms with Gasteiger partial charge in [-0.3, -0.25) is 4.98 Å². The number of aryl methyl sites for hydroxylation is 1. The molecule has 1 aromatic heterocycles. The maximum atomic E-state index is 4.33. The van der Waals surface area contributed by atoms with Crippen molar-refractivity contribution in [2.75, 3.05) is 0 Å². The third-order valence-electron chi connectivity index (χ3n) is 2.55. The first-order valence-corrected chi connectivity index (χ1v) is 6.28. The summed E-state index contributed by atoms with van der Waals surface area (Å²) in [6.07, 6.45) is 2.76. The summed E-state index contributed by atoms with van der Waals surface area (Å²) in [5.74, 6) is 0. The summed E-state index contributed by atoms with van der Waals surface area (Å²) in [6.45, 7) is 2.10. The molecule has 82 valence electrons. The van der Waals surface area contributed by atoms with Gasteiger partial charge in [-0.2, -0.15) is 0 Å². The molecule has 2 heteroatoms. The molecule has 1 aromatic carbocycles. The van der Waals surface area contributed by atoms with Crippen LogP contribution in [-0.2, 0) is 6.42 Å². The first-order valence-electron chi connectivity index (χ1n) is 5.36. The summed E-state index contributed by atoms with van der Waals surface area (Å²) in [6, 6.07) is 14.6. The number of halogens is 1. The average molecular weight is 276 g/mol. The number of aromatic nitrogens is 1. The van der Waals surface area contributed by atoms with Gasteiger partial charge in [-0.05, 0) is 24.6 Å². The molecule has 0 amide bonds. The van der Waals surface area contributed by atoms with E-state index in [0.29, 0.717) is 4.83 Å². The molecule has 0 fully saturated rings. The topological polar surface area (TPSA) is 12.9 Å². The maximum absolute atomic E-state index is 4.33. The van der Waals surface area contributed by atoms with Gasteiger partial charge in [0, 0.05) is 23.1 Å². The minimum absolute atomic E-state index is 0.336. The van der Waals surface area contributed by atoms with Gasteiger partial charge >= 0.3 is 0 Å². The minimum Gasteiger partial charge on any atom is -0.261 e. The second-order valence-electron chi connectivity index (χ2n) is 3.90. The van der Waals surface area contributed by atoms with Crippen molar-refractivity contribution < 1.29 is 0 Å². The SMILES string of the molecule is Cc1ccc(C(Br)Cc2ccccn2)cc1. The number of pyridine rings is 1. The largest absolute Gasteiger partial charge is 0.261 e. The van der Waals surface area contributed by atoms with Crippen molar-refractivity contribution in [3.8, 4) is 0 Å². The van der Waals surface area contributed by atoms with E-state index in [1.807, 2.05) is 18.3 Å². The molecular formula is C14H14BrN. The van der Waals surface area contributed by atoms with Crippen LogP contribution in [-0.4, -0.2) is 4.98 Å². The Balaban J connectivity index is 2.09. The zero-order valence-electron chi connectivity index (χ0n) is 9.23. The molecular weight excluding hydrogens is 262 g/mol. The van der Waals surface area contributed by atoms with Crippen LogP contribution in [0.4, 0.5) is 0 Å². The van der Waals surface area contributed by atoms with E-state index in [1.165, 1.54) is 11.1 Å². The molecule has 1 unspecified atom stereocenters. The summed E-state index contributed by atoms with van der Waals surface area (Å²) in [5.41, 5.74) is 3.71. The van der Waals surface area contributed by atoms with Crippen molar-refractivity contribution in [1.29, 1.82) is 0 Å². The van der Waals surface area contributed by atoms with Gasteiger partial charge in [0.15, 0.2) is 0 Å². The monoisotopic (exact) mass is 275 g/mol. The van der Waals surface area contributed by atoms with Crippen LogP contribution < -0.4 is 0 Å². The number of hydrogen-bond donors (Lipinski definition) is 0. The Hall–Kier alpha value is -1.15. The predicted molar refractivity (Wildman–Crippen MR) is 70.8 cm³/mol. The molecule has 0 saturated heterocycles. The van der Waals surface area contributed by atoms with Gasteiger partial charge in [-0.15, -0.1) is 0 Å². The van der Waals surface area contributed by atoms with Crippen LogP contribution in [0.15, 0.2) is 48.7 Å². The van der Waals surface area contributed by atoms with Crippen molar-refractivity contribution >= 4 is 15.9 Å². The first-order chi connectivity index (χ1) is 7.75. The van der Waals surface area contributed by atoms with Gasteiger partial charge in [0.05, 0.1) is 0 Å². The minimum atomic E-state index is 0.336. The molecule has 2 aromatic rings. The Kier molecular flexibility index (Phi) is 3.73. The van der Waals surface area contributed by atoms with Gasteiger partial charge in [0.25, 0.3) is 0 Å². The Bertz CT molecular complexity index is 436. The standard InChI is InChI=1S/C14H14BrN/c1-11-5-7-12(8-6-11)14(15)10-13-4-2-3-9-16-13/h2-9,14H,10H2,1H3. The lowest BCUT2D eigenvalue weighted by molar-refractivity contribution is 0.904. The molecule has 16 heavy (non-hydrogen) atoms. The van der Waals surface area contributed by atoms with Gasteiger partial charge in [-0.1, -0.05) is 51.8 Å². The molecule has 2 rings (SSSR count). The Morgan fingerprint density at radius 1 is 1.12 bits per heavy atom. The number of alkyl halides is 1. The average Bonchev–Trinajstić information content (AvgIpc) is 2.31. The maximum Gasteiger partial charge on any atom is 0.0450 e. The molecule has 0 bridgehead atoms. The first kappa shape index (κ1) is 11.3. The van der Waals surface area contributed by atoms with Crippen LogP contribution in [0.3, 0.4) is 0 Å². The van der Waals surface area contributed by atoms with Crippen LogP contribution in [0.2, 0.25) is 0 Å². The van der Waals surface area contributed by atoms with Gasteiger partial charge < -0.3 is 0 Å². The van der Waals surface area contributed by atoms with Crippen molar-refractivity contribution in [2.24, 2.45) is 0 Å². The molecule has 1 nitrogen and oxygen atoms in total. The highest BCUT2D eigenvalue weighted by Gasteiger charge is 2.08. The van der Waals surface area contributed by atoms with E-state index in [4.69, 9.17) is 0 Å². The van der Waals surface area contributed by atoms with E-state index in [1.54, 1.807) is 0 Å². The van der Waals surface area contributed by atoms with Crippen molar-refractivity contribution in [3.05, 3.63) is 65.5 Å². The molecule has 0 N–H and O–H groups in total. The summed E-state index contributed by atoms with van der Waals surface area (Å²) < 4.78 is 0. The van der Waals surface area contributed by atoms with E-state index >= 15 is 0 Å². The lowest BCUT2D eigenvalue weighted by atomic mass is 10.1. The van der Waals surface area contributed by atoms with E-state index < -0.39 is 0 Å². The van der Waals surface area contributed by atoms with Gasteiger partial charge in [0.2, 0.25) is 0 Å². The fourth-order valence-corrected chi connectivity index (χ4v) is 2.23. The second kappa shape index (κ2) is 5.26. The van der Waals surface area contributed by atoms with Crippen LogP contribution in [0.5, 0.6) is 0 Å². The van der Waals surface area contributed by atoms with E-state index in [9.17, 15) is 0 Å². The van der Waals surface area contributed by atoms with Crippen LogP contribution >= 0.6 is 15.9 Å². The molecule has 1 heterocycles. The number of nitrogens with zero attached hydrogens (tertiary/aromatic N) is 1. The van der Waals surface area contributed by atoms with Crippen molar-refractivity contribution in [3.63, 3.8) is 0 Å². The highest BCUT2D eigenvalue weighted by molar-refractivity contribution is 9.09. The molecule has 0 aliphatic carbocycles. The van der Waals surface area contributed by atoms with Gasteiger partial charge in [0.1, 0.15) is 0 Å². The van der Waals surface area contributed by atoms with E-state index in [2.05, 4.69) is 58.2 Å². The lowest BCUT2D eigenvalue weighted by Gasteiger charge is -2.09. The third kappa shape index (κ3) is 2.92. The molecule has 0 radical (unpaired) electrons. The quantitative estimate of drug-likeness (QED) is 0.770. The summed E-state index contributed by atoms with van der Waals surface area (Å²) >= 11 is 3.71. The fraction of sp³-hybridized carbons (Fsp3) is 0.214. The summed E-state index contributed by atoms with van der Waals surface area (Å²) in [5, 5.41) is 0. The molecule has 0 saturated carbocycles. The Labute approximate surface area is 105 Å². The molecule has 1 atom stereocenters. The Morgan fingerprint density at radius 2 is 1.88 bits per heavy atom. The lowest BCUT2D eigenvalue weighted by Crippen LogP contribution is -1.97. The number of rotatable bonds is 3. The summed E-state index contributed by atoms with van der Waals surface area (Å²) in [4.78, 5) is 4.67. The highest BCUT2D eigenvalue weighted by Crippen LogP contribution is 2.26. The summed E-state index contributed by atoms with van der Waals surface area (Å²) in [7, 11) is 0. The second-order valence-corrected chi connectivity index (χ2v) is 5.01. The van der Waals surface area contributed by atoms with Crippen molar-refractivity contribution in [2.45, 2.75) is 18.2 Å². The van der Waals surface area contributed by atoms with E-state index in [0.717, 1.165) is 12.1 Å². The third-order valence-corrected chi connectivity index (χ3v) is 3.41. The zero-order chi connectivity index (χ0) is 11.4. The smallest absolute Gasteiger partial charge is 0.0450 e. The van der Waals surface area contributed by atoms with Gasteiger partial charge in [-0.25, -0.2) is 0 Å². The zero-order valence-corrected chi connectivity index (χ0v) is 10.8. The van der Waals surface area contributed by atoms with Crippen LogP contribution in [0, 0.1) is 6.92 Å².